The fourth-order valence-corrected chi connectivity index (χ4v) is 1.92. The normalized spacial score (nSPS) is 10.3. The van der Waals surface area contributed by atoms with Crippen molar-refractivity contribution in [2.24, 2.45) is 5.73 Å². The van der Waals surface area contributed by atoms with Gasteiger partial charge in [0.05, 0.1) is 6.54 Å². The van der Waals surface area contributed by atoms with E-state index in [2.05, 4.69) is 18.3 Å². The van der Waals surface area contributed by atoms with E-state index in [-0.39, 0.29) is 12.5 Å². The van der Waals surface area contributed by atoms with Gasteiger partial charge in [0.25, 0.3) is 0 Å². The molecule has 0 aliphatic carbocycles. The molecule has 1 aromatic carbocycles. The van der Waals surface area contributed by atoms with Crippen LogP contribution in [0.3, 0.4) is 0 Å². The molecule has 18 heavy (non-hydrogen) atoms. The molecule has 0 aliphatic rings. The van der Waals surface area contributed by atoms with Crippen molar-refractivity contribution in [3.05, 3.63) is 29.8 Å². The Morgan fingerprint density at radius 2 is 2.06 bits per heavy atom. The number of nitrogens with two attached hydrogens (primary N) is 1. The van der Waals surface area contributed by atoms with Gasteiger partial charge in [-0.15, -0.1) is 0 Å². The van der Waals surface area contributed by atoms with Gasteiger partial charge in [-0.3, -0.25) is 4.79 Å². The Kier molecular flexibility index (Phi) is 6.22. The van der Waals surface area contributed by atoms with Crippen molar-refractivity contribution in [3.63, 3.8) is 0 Å². The molecule has 0 bridgehead atoms. The Morgan fingerprint density at radius 1 is 1.33 bits per heavy atom. The van der Waals surface area contributed by atoms with E-state index in [1.165, 1.54) is 5.56 Å². The highest BCUT2D eigenvalue weighted by molar-refractivity contribution is 5.79. The Hall–Kier alpha value is -1.55. The molecule has 0 saturated heterocycles. The number of carbonyl (C=O) groups is 1. The summed E-state index contributed by atoms with van der Waals surface area (Å²) in [6.45, 7) is 7.02. The largest absolute Gasteiger partial charge is 0.368 e. The summed E-state index contributed by atoms with van der Waals surface area (Å²) < 4.78 is 0. The number of nitrogens with one attached hydrogen (secondary N) is 1. The third kappa shape index (κ3) is 4.37. The fraction of sp³-hybridized carbons (Fsp3) is 0.500. The van der Waals surface area contributed by atoms with Gasteiger partial charge in [-0.2, -0.15) is 0 Å². The van der Waals surface area contributed by atoms with Crippen molar-refractivity contribution in [2.75, 3.05) is 24.5 Å². The van der Waals surface area contributed by atoms with Gasteiger partial charge in [-0.1, -0.05) is 25.1 Å². The number of benzene rings is 1. The monoisotopic (exact) mass is 249 g/mol. The second-order valence-corrected chi connectivity index (χ2v) is 4.29. The molecule has 0 aliphatic heterocycles. The van der Waals surface area contributed by atoms with Crippen LogP contribution >= 0.6 is 0 Å². The molecule has 0 unspecified atom stereocenters. The summed E-state index contributed by atoms with van der Waals surface area (Å²) in [5, 5.41) is 3.38. The topological polar surface area (TPSA) is 58.4 Å². The summed E-state index contributed by atoms with van der Waals surface area (Å²) in [5.41, 5.74) is 7.57. The van der Waals surface area contributed by atoms with E-state index in [4.69, 9.17) is 5.73 Å². The number of amides is 1. The van der Waals surface area contributed by atoms with Crippen LogP contribution in [-0.4, -0.2) is 25.5 Å². The van der Waals surface area contributed by atoms with Gasteiger partial charge in [0, 0.05) is 18.8 Å². The average Bonchev–Trinajstić information content (AvgIpc) is 2.37. The summed E-state index contributed by atoms with van der Waals surface area (Å²) in [7, 11) is 0. The summed E-state index contributed by atoms with van der Waals surface area (Å²) in [6.07, 6.45) is 1.11. The molecule has 0 radical (unpaired) electrons. The predicted molar refractivity (Wildman–Crippen MR) is 75.5 cm³/mol. The summed E-state index contributed by atoms with van der Waals surface area (Å²) in [6, 6.07) is 8.13. The molecular formula is C14H23N3O. The van der Waals surface area contributed by atoms with Crippen molar-refractivity contribution >= 4 is 11.6 Å². The molecule has 1 amide bonds. The Bertz CT molecular complexity index is 379. The van der Waals surface area contributed by atoms with E-state index in [9.17, 15) is 4.79 Å². The molecular weight excluding hydrogens is 226 g/mol. The second kappa shape index (κ2) is 7.71. The molecule has 0 fully saturated rings. The third-order valence-corrected chi connectivity index (χ3v) is 2.80. The average molecular weight is 249 g/mol. The van der Waals surface area contributed by atoms with Crippen LogP contribution in [-0.2, 0) is 11.3 Å². The number of hydrogen-bond acceptors (Lipinski definition) is 3. The lowest BCUT2D eigenvalue weighted by molar-refractivity contribution is -0.116. The minimum atomic E-state index is -0.298. The molecule has 100 valence electrons. The summed E-state index contributed by atoms with van der Waals surface area (Å²) in [4.78, 5) is 13.1. The Balaban J connectivity index is 2.81. The van der Waals surface area contributed by atoms with Crippen molar-refractivity contribution in [3.8, 4) is 0 Å². The Morgan fingerprint density at radius 3 is 2.67 bits per heavy atom. The SMILES string of the molecule is CCCNCc1ccccc1N(CC)CC(N)=O. The van der Waals surface area contributed by atoms with E-state index in [0.717, 1.165) is 31.7 Å². The smallest absolute Gasteiger partial charge is 0.236 e. The van der Waals surface area contributed by atoms with E-state index < -0.39 is 0 Å². The minimum Gasteiger partial charge on any atom is -0.368 e. The van der Waals surface area contributed by atoms with Crippen molar-refractivity contribution < 1.29 is 4.79 Å². The lowest BCUT2D eigenvalue weighted by atomic mass is 10.1. The van der Waals surface area contributed by atoms with Crippen molar-refractivity contribution in [1.29, 1.82) is 0 Å². The zero-order valence-corrected chi connectivity index (χ0v) is 11.3. The number of rotatable bonds is 8. The number of para-hydroxylation sites is 1. The lowest BCUT2D eigenvalue weighted by Crippen LogP contribution is -2.34. The molecule has 4 heteroatoms. The number of anilines is 1. The number of likely N-dealkylation sites (N-methyl/N-ethyl adjacent to an activating group) is 1. The minimum absolute atomic E-state index is 0.265. The van der Waals surface area contributed by atoms with Crippen LogP contribution < -0.4 is 16.0 Å². The standard InChI is InChI=1S/C14H23N3O/c1-3-9-16-10-12-7-5-6-8-13(12)17(4-2)11-14(15)18/h5-8,16H,3-4,9-11H2,1-2H3,(H2,15,18). The number of primary amides is 1. The van der Waals surface area contributed by atoms with Gasteiger partial charge in [-0.05, 0) is 31.5 Å². The molecule has 0 aromatic heterocycles. The molecule has 0 heterocycles. The van der Waals surface area contributed by atoms with E-state index in [1.54, 1.807) is 0 Å². The number of nitrogens with zero attached hydrogens (tertiary/aromatic N) is 1. The first kappa shape index (κ1) is 14.5. The van der Waals surface area contributed by atoms with Crippen LogP contribution in [0.15, 0.2) is 24.3 Å². The quantitative estimate of drug-likeness (QED) is 0.686. The van der Waals surface area contributed by atoms with Crippen molar-refractivity contribution in [2.45, 2.75) is 26.8 Å². The van der Waals surface area contributed by atoms with E-state index in [1.807, 2.05) is 30.0 Å². The number of carbonyl (C=O) groups excluding carboxylic acids is 1. The first-order chi connectivity index (χ1) is 8.69. The maximum Gasteiger partial charge on any atom is 0.236 e. The maximum atomic E-state index is 11.1. The van der Waals surface area contributed by atoms with Crippen LogP contribution in [0.4, 0.5) is 5.69 Å². The molecule has 0 atom stereocenters. The molecule has 4 nitrogen and oxygen atoms in total. The zero-order valence-electron chi connectivity index (χ0n) is 11.3. The van der Waals surface area contributed by atoms with Crippen molar-refractivity contribution in [1.82, 2.24) is 5.32 Å². The first-order valence-electron chi connectivity index (χ1n) is 6.50. The summed E-state index contributed by atoms with van der Waals surface area (Å²) >= 11 is 0. The maximum absolute atomic E-state index is 11.1. The van der Waals surface area contributed by atoms with E-state index >= 15 is 0 Å². The van der Waals surface area contributed by atoms with Gasteiger partial charge in [0.1, 0.15) is 0 Å². The van der Waals surface area contributed by atoms with Crippen LogP contribution in [0.5, 0.6) is 0 Å². The van der Waals surface area contributed by atoms with Crippen LogP contribution in [0.1, 0.15) is 25.8 Å². The fourth-order valence-electron chi connectivity index (χ4n) is 1.92. The van der Waals surface area contributed by atoms with Gasteiger partial charge >= 0.3 is 0 Å². The zero-order chi connectivity index (χ0) is 13.4. The molecule has 1 aromatic rings. The second-order valence-electron chi connectivity index (χ2n) is 4.29. The first-order valence-corrected chi connectivity index (χ1v) is 6.50. The highest BCUT2D eigenvalue weighted by atomic mass is 16.1. The van der Waals surface area contributed by atoms with Gasteiger partial charge in [-0.25, -0.2) is 0 Å². The highest BCUT2D eigenvalue weighted by Gasteiger charge is 2.10. The van der Waals surface area contributed by atoms with Gasteiger partial charge in [0.15, 0.2) is 0 Å². The molecule has 0 spiro atoms. The predicted octanol–water partition coefficient (Wildman–Crippen LogP) is 1.50. The molecule has 0 saturated carbocycles. The van der Waals surface area contributed by atoms with E-state index in [0.29, 0.717) is 0 Å². The summed E-state index contributed by atoms with van der Waals surface area (Å²) in [5.74, 6) is -0.298. The van der Waals surface area contributed by atoms with Gasteiger partial charge in [0.2, 0.25) is 5.91 Å². The highest BCUT2D eigenvalue weighted by Crippen LogP contribution is 2.19. The van der Waals surface area contributed by atoms with Crippen LogP contribution in [0, 0.1) is 0 Å². The van der Waals surface area contributed by atoms with Crippen LogP contribution in [0.2, 0.25) is 0 Å². The Labute approximate surface area is 109 Å². The molecule has 3 N–H and O–H groups in total. The van der Waals surface area contributed by atoms with Crippen LogP contribution in [0.25, 0.3) is 0 Å². The number of hydrogen-bond donors (Lipinski definition) is 2. The lowest BCUT2D eigenvalue weighted by Gasteiger charge is -2.24. The molecule has 1 rings (SSSR count). The van der Waals surface area contributed by atoms with Gasteiger partial charge < -0.3 is 16.0 Å². The third-order valence-electron chi connectivity index (χ3n) is 2.80.